The zero-order valence-electron chi connectivity index (χ0n) is 12.4. The molecule has 2 aromatic rings. The predicted molar refractivity (Wildman–Crippen MR) is 84.3 cm³/mol. The summed E-state index contributed by atoms with van der Waals surface area (Å²) in [6.07, 6.45) is -3.70. The van der Waals surface area contributed by atoms with Crippen LogP contribution in [0.25, 0.3) is 0 Å². The van der Waals surface area contributed by atoms with Crippen molar-refractivity contribution in [3.05, 3.63) is 59.7 Å². The maximum atomic E-state index is 12.9. The summed E-state index contributed by atoms with van der Waals surface area (Å²) in [5.74, 6) is -0.945. The second-order valence-corrected chi connectivity index (χ2v) is 6.70. The summed E-state index contributed by atoms with van der Waals surface area (Å²) in [6.45, 7) is 0. The smallest absolute Gasteiger partial charge is 0.322 e. The topological polar surface area (TPSA) is 75.3 Å². The second kappa shape index (κ2) is 6.52. The van der Waals surface area contributed by atoms with Crippen LogP contribution < -0.4 is 10.0 Å². The standard InChI is InChI=1S/C15H13F3N2O3S/c1-24(22,23)20-11-6-4-5-10(9-11)19-14(21)12-7-2-3-8-13(12)15(16,17)18/h2-9,20H,1H3,(H,19,21). The average molecular weight is 358 g/mol. The van der Waals surface area contributed by atoms with Crippen LogP contribution in [-0.4, -0.2) is 20.6 Å². The summed E-state index contributed by atoms with van der Waals surface area (Å²) in [5, 5.41) is 2.32. The number of rotatable bonds is 4. The molecule has 0 bridgehead atoms. The van der Waals surface area contributed by atoms with Gasteiger partial charge in [-0.15, -0.1) is 0 Å². The van der Waals surface area contributed by atoms with E-state index in [1.807, 2.05) is 0 Å². The number of alkyl halides is 3. The van der Waals surface area contributed by atoms with Crippen molar-refractivity contribution in [3.8, 4) is 0 Å². The van der Waals surface area contributed by atoms with Crippen LogP contribution in [0, 0.1) is 0 Å². The van der Waals surface area contributed by atoms with Gasteiger partial charge in [0.2, 0.25) is 10.0 Å². The number of carbonyl (C=O) groups excluding carboxylic acids is 1. The van der Waals surface area contributed by atoms with Gasteiger partial charge in [-0.2, -0.15) is 13.2 Å². The zero-order valence-corrected chi connectivity index (χ0v) is 13.2. The van der Waals surface area contributed by atoms with Gasteiger partial charge in [-0.1, -0.05) is 18.2 Å². The third kappa shape index (κ3) is 4.72. The number of amides is 1. The maximum Gasteiger partial charge on any atom is 0.417 e. The Hall–Kier alpha value is -2.55. The van der Waals surface area contributed by atoms with Gasteiger partial charge in [-0.3, -0.25) is 9.52 Å². The maximum absolute atomic E-state index is 12.9. The van der Waals surface area contributed by atoms with Gasteiger partial charge in [0.15, 0.2) is 0 Å². The molecule has 0 radical (unpaired) electrons. The van der Waals surface area contributed by atoms with E-state index < -0.39 is 33.2 Å². The lowest BCUT2D eigenvalue weighted by molar-refractivity contribution is -0.137. The third-order valence-electron chi connectivity index (χ3n) is 2.90. The van der Waals surface area contributed by atoms with Gasteiger partial charge in [0.05, 0.1) is 23.1 Å². The highest BCUT2D eigenvalue weighted by Crippen LogP contribution is 2.32. The van der Waals surface area contributed by atoms with Crippen molar-refractivity contribution in [2.24, 2.45) is 0 Å². The number of halogens is 3. The Labute approximate surface area is 136 Å². The lowest BCUT2D eigenvalue weighted by Gasteiger charge is -2.13. The molecule has 0 aliphatic carbocycles. The summed E-state index contributed by atoms with van der Waals surface area (Å²) in [6, 6.07) is 10.0. The molecular weight excluding hydrogens is 345 g/mol. The van der Waals surface area contributed by atoms with Crippen molar-refractivity contribution in [1.82, 2.24) is 0 Å². The molecule has 1 amide bonds. The van der Waals surface area contributed by atoms with Crippen molar-refractivity contribution in [1.29, 1.82) is 0 Å². The molecule has 0 fully saturated rings. The Morgan fingerprint density at radius 1 is 1.00 bits per heavy atom. The highest BCUT2D eigenvalue weighted by molar-refractivity contribution is 7.92. The number of sulfonamides is 1. The van der Waals surface area contributed by atoms with Gasteiger partial charge in [-0.05, 0) is 30.3 Å². The molecule has 0 saturated carbocycles. The third-order valence-corrected chi connectivity index (χ3v) is 3.51. The summed E-state index contributed by atoms with van der Waals surface area (Å²) < 4.78 is 63.4. The Kier molecular flexibility index (Phi) is 4.83. The quantitative estimate of drug-likeness (QED) is 0.880. The molecule has 0 unspecified atom stereocenters. The highest BCUT2D eigenvalue weighted by atomic mass is 32.2. The van der Waals surface area contributed by atoms with Gasteiger partial charge in [0, 0.05) is 5.69 Å². The van der Waals surface area contributed by atoms with Crippen LogP contribution >= 0.6 is 0 Å². The van der Waals surface area contributed by atoms with Crippen molar-refractivity contribution >= 4 is 27.3 Å². The van der Waals surface area contributed by atoms with Crippen LogP contribution in [0.3, 0.4) is 0 Å². The second-order valence-electron chi connectivity index (χ2n) is 4.95. The first-order valence-electron chi connectivity index (χ1n) is 6.62. The zero-order chi connectivity index (χ0) is 18.0. The van der Waals surface area contributed by atoms with Gasteiger partial charge in [-0.25, -0.2) is 8.42 Å². The molecule has 0 atom stereocenters. The number of anilines is 2. The monoisotopic (exact) mass is 358 g/mol. The predicted octanol–water partition coefficient (Wildman–Crippen LogP) is 3.33. The van der Waals surface area contributed by atoms with E-state index in [2.05, 4.69) is 10.0 Å². The Morgan fingerprint density at radius 2 is 1.62 bits per heavy atom. The minimum Gasteiger partial charge on any atom is -0.322 e. The minimum absolute atomic E-state index is 0.158. The van der Waals surface area contributed by atoms with E-state index in [-0.39, 0.29) is 11.4 Å². The van der Waals surface area contributed by atoms with E-state index in [9.17, 15) is 26.4 Å². The van der Waals surface area contributed by atoms with E-state index in [1.165, 1.54) is 36.4 Å². The highest BCUT2D eigenvalue weighted by Gasteiger charge is 2.34. The number of nitrogens with one attached hydrogen (secondary N) is 2. The molecule has 0 aromatic heterocycles. The number of carbonyl (C=O) groups is 1. The average Bonchev–Trinajstić information content (AvgIpc) is 2.45. The number of benzene rings is 2. The Morgan fingerprint density at radius 3 is 2.25 bits per heavy atom. The van der Waals surface area contributed by atoms with Crippen LogP contribution in [0.15, 0.2) is 48.5 Å². The minimum atomic E-state index is -4.66. The normalized spacial score (nSPS) is 11.8. The fourth-order valence-corrected chi connectivity index (χ4v) is 2.56. The molecule has 9 heteroatoms. The summed E-state index contributed by atoms with van der Waals surface area (Å²) in [4.78, 5) is 12.1. The molecule has 0 spiro atoms. The fraction of sp³-hybridized carbons (Fsp3) is 0.133. The lowest BCUT2D eigenvalue weighted by Crippen LogP contribution is -2.18. The summed E-state index contributed by atoms with van der Waals surface area (Å²) in [7, 11) is -3.51. The fourth-order valence-electron chi connectivity index (χ4n) is 2.00. The molecule has 0 heterocycles. The molecule has 2 N–H and O–H groups in total. The van der Waals surface area contributed by atoms with Crippen molar-refractivity contribution in [2.45, 2.75) is 6.18 Å². The molecule has 128 valence electrons. The SMILES string of the molecule is CS(=O)(=O)Nc1cccc(NC(=O)c2ccccc2C(F)(F)F)c1. The van der Waals surface area contributed by atoms with E-state index in [1.54, 1.807) is 0 Å². The van der Waals surface area contributed by atoms with Crippen LogP contribution in [0.1, 0.15) is 15.9 Å². The van der Waals surface area contributed by atoms with E-state index in [0.717, 1.165) is 18.4 Å². The van der Waals surface area contributed by atoms with Crippen LogP contribution in [0.5, 0.6) is 0 Å². The van der Waals surface area contributed by atoms with Crippen molar-refractivity contribution < 1.29 is 26.4 Å². The lowest BCUT2D eigenvalue weighted by atomic mass is 10.1. The molecule has 24 heavy (non-hydrogen) atoms. The van der Waals surface area contributed by atoms with Gasteiger partial charge >= 0.3 is 6.18 Å². The molecule has 0 aliphatic rings. The van der Waals surface area contributed by atoms with Gasteiger partial charge in [0.1, 0.15) is 0 Å². The number of hydrogen-bond donors (Lipinski definition) is 2. The van der Waals surface area contributed by atoms with Crippen molar-refractivity contribution in [3.63, 3.8) is 0 Å². The van der Waals surface area contributed by atoms with E-state index in [0.29, 0.717) is 0 Å². The largest absolute Gasteiger partial charge is 0.417 e. The first kappa shape index (κ1) is 17.8. The van der Waals surface area contributed by atoms with Gasteiger partial charge in [0.25, 0.3) is 5.91 Å². The molecule has 2 rings (SSSR count). The summed E-state index contributed by atoms with van der Waals surface area (Å²) >= 11 is 0. The van der Waals surface area contributed by atoms with Crippen LogP contribution in [0.4, 0.5) is 24.5 Å². The first-order valence-corrected chi connectivity index (χ1v) is 8.51. The van der Waals surface area contributed by atoms with Crippen LogP contribution in [0.2, 0.25) is 0 Å². The van der Waals surface area contributed by atoms with Crippen LogP contribution in [-0.2, 0) is 16.2 Å². The first-order chi connectivity index (χ1) is 11.1. The molecule has 2 aromatic carbocycles. The molecule has 0 aliphatic heterocycles. The van der Waals surface area contributed by atoms with Crippen molar-refractivity contribution in [2.75, 3.05) is 16.3 Å². The Bertz CT molecular complexity index is 864. The molecular formula is C15H13F3N2O3S. The van der Waals surface area contributed by atoms with E-state index in [4.69, 9.17) is 0 Å². The summed E-state index contributed by atoms with van der Waals surface area (Å²) in [5.41, 5.74) is -1.23. The molecule has 5 nitrogen and oxygen atoms in total. The molecule has 0 saturated heterocycles. The van der Waals surface area contributed by atoms with Gasteiger partial charge < -0.3 is 5.32 Å². The van der Waals surface area contributed by atoms with E-state index >= 15 is 0 Å². The Balaban J connectivity index is 2.27. The number of hydrogen-bond acceptors (Lipinski definition) is 3.